The maximum atomic E-state index is 5.56. The minimum atomic E-state index is -0.0663. The van der Waals surface area contributed by atoms with E-state index in [9.17, 15) is 0 Å². The Balaban J connectivity index is 1.14. The van der Waals surface area contributed by atoms with Gasteiger partial charge in [-0.1, -0.05) is 61.5 Å². The van der Waals surface area contributed by atoms with Crippen LogP contribution in [0.15, 0.2) is 46.0 Å². The van der Waals surface area contributed by atoms with Crippen LogP contribution in [0.5, 0.6) is 0 Å². The van der Waals surface area contributed by atoms with E-state index < -0.39 is 0 Å². The van der Waals surface area contributed by atoms with Gasteiger partial charge in [-0.2, -0.15) is 0 Å². The molecule has 1 saturated heterocycles. The van der Waals surface area contributed by atoms with Crippen molar-refractivity contribution in [3.63, 3.8) is 0 Å². The van der Waals surface area contributed by atoms with Crippen LogP contribution in [0.3, 0.4) is 0 Å². The molecule has 3 aromatic heterocycles. The second-order valence-corrected chi connectivity index (χ2v) is 12.2. The average Bonchev–Trinajstić information content (AvgIpc) is 3.63. The lowest BCUT2D eigenvalue weighted by Crippen LogP contribution is -2.48. The second kappa shape index (κ2) is 9.83. The molecule has 1 atom stereocenters. The van der Waals surface area contributed by atoms with Gasteiger partial charge in [-0.05, 0) is 6.92 Å². The Hall–Kier alpha value is -3.21. The maximum absolute atomic E-state index is 5.56. The van der Waals surface area contributed by atoms with Gasteiger partial charge in [-0.25, -0.2) is 9.98 Å². The Bertz CT molecular complexity index is 1460. The molecule has 5 heterocycles. The molecule has 0 spiro atoms. The minimum Gasteiger partial charge on any atom is -0.379 e. The van der Waals surface area contributed by atoms with E-state index in [1.807, 2.05) is 6.07 Å². The third-order valence-electron chi connectivity index (χ3n) is 7.34. The minimum absolute atomic E-state index is 0.0663. The normalized spacial score (nSPS) is 18.3. The molecular formula is C28H35N7O2S. The van der Waals surface area contributed by atoms with E-state index in [4.69, 9.17) is 19.2 Å². The van der Waals surface area contributed by atoms with Gasteiger partial charge in [-0.15, -0.1) is 0 Å². The smallest absolute Gasteiger partial charge is 0.199 e. The van der Waals surface area contributed by atoms with E-state index in [-0.39, 0.29) is 5.41 Å². The van der Waals surface area contributed by atoms with Crippen LogP contribution in [-0.2, 0) is 16.7 Å². The fraction of sp³-hybridized carbons (Fsp3) is 0.464. The standard InChI is InChI=1S/C28H35N7O2S/c1-18-17-36-13-12-34(18)11-10-33(5)26-29-15-23-25(31-26)38-27-30-22(16-35(23)27)20-8-6-19(7-9-20)21-14-24(37-32-21)28(2,3)4/h6-9,14,16,18H,10-13,15,17H2,1-5H3,(H,29,31)/t18-/m1/s1. The number of benzene rings is 1. The highest BCUT2D eigenvalue weighted by Crippen LogP contribution is 2.34. The SMILES string of the molecule is C[C@@H]1COCCN1CCN(C)C1=NCc2c(sc3nc(-c4ccc(-c5cc(C(C)(C)C)on5)cc4)cn23)N1. The van der Waals surface area contributed by atoms with Crippen molar-refractivity contribution in [3.8, 4) is 22.5 Å². The summed E-state index contributed by atoms with van der Waals surface area (Å²) in [4.78, 5) is 15.4. The van der Waals surface area contributed by atoms with Crippen LogP contribution >= 0.6 is 11.3 Å². The summed E-state index contributed by atoms with van der Waals surface area (Å²) in [6.45, 7) is 13.8. The number of likely N-dealkylation sites (N-methyl/N-ethyl adjacent to an activating group) is 1. The number of fused-ring (bicyclic) bond motifs is 3. The third kappa shape index (κ3) is 4.83. The number of imidazole rings is 1. The van der Waals surface area contributed by atoms with E-state index in [2.05, 4.69) is 89.9 Å². The van der Waals surface area contributed by atoms with Crippen LogP contribution in [0.2, 0.25) is 0 Å². The van der Waals surface area contributed by atoms with Crippen molar-refractivity contribution >= 4 is 27.3 Å². The molecule has 0 amide bonds. The number of nitrogens with one attached hydrogen (secondary N) is 1. The van der Waals surface area contributed by atoms with Crippen molar-refractivity contribution in [2.75, 3.05) is 45.2 Å². The van der Waals surface area contributed by atoms with Gasteiger partial charge in [-0.3, -0.25) is 9.30 Å². The number of hydrogen-bond acceptors (Lipinski definition) is 9. The zero-order valence-corrected chi connectivity index (χ0v) is 23.5. The van der Waals surface area contributed by atoms with E-state index in [1.165, 1.54) is 0 Å². The molecule has 2 aliphatic rings. The summed E-state index contributed by atoms with van der Waals surface area (Å²) >= 11 is 1.67. The van der Waals surface area contributed by atoms with Crippen molar-refractivity contribution < 1.29 is 9.26 Å². The molecule has 9 nitrogen and oxygen atoms in total. The number of anilines is 1. The molecule has 1 N–H and O–H groups in total. The number of rotatable bonds is 5. The Morgan fingerprint density at radius 3 is 2.63 bits per heavy atom. The summed E-state index contributed by atoms with van der Waals surface area (Å²) in [5.41, 5.74) is 4.99. The molecule has 4 aromatic rings. The number of guanidine groups is 1. The van der Waals surface area contributed by atoms with E-state index in [0.29, 0.717) is 12.6 Å². The van der Waals surface area contributed by atoms with Crippen LogP contribution in [-0.4, -0.2) is 76.2 Å². The Labute approximate surface area is 227 Å². The van der Waals surface area contributed by atoms with Gasteiger partial charge in [0.1, 0.15) is 16.5 Å². The van der Waals surface area contributed by atoms with Crippen molar-refractivity contribution in [1.82, 2.24) is 24.3 Å². The molecule has 38 heavy (non-hydrogen) atoms. The van der Waals surface area contributed by atoms with Gasteiger partial charge >= 0.3 is 0 Å². The first kappa shape index (κ1) is 25.1. The number of aliphatic imine (C=N–C) groups is 1. The zero-order valence-electron chi connectivity index (χ0n) is 22.7. The number of ether oxygens (including phenoxy) is 1. The van der Waals surface area contributed by atoms with Gasteiger partial charge < -0.3 is 19.5 Å². The molecule has 0 aliphatic carbocycles. The van der Waals surface area contributed by atoms with Crippen molar-refractivity contribution in [2.45, 2.75) is 45.7 Å². The van der Waals surface area contributed by atoms with Gasteiger partial charge in [0.25, 0.3) is 0 Å². The molecule has 1 fully saturated rings. The summed E-state index contributed by atoms with van der Waals surface area (Å²) in [5.74, 6) is 1.80. The van der Waals surface area contributed by atoms with Crippen LogP contribution < -0.4 is 5.32 Å². The number of nitrogens with zero attached hydrogens (tertiary/aromatic N) is 6. The average molecular weight is 534 g/mol. The quantitative estimate of drug-likeness (QED) is 0.389. The zero-order chi connectivity index (χ0) is 26.4. The van der Waals surface area contributed by atoms with E-state index in [1.54, 1.807) is 11.3 Å². The van der Waals surface area contributed by atoms with Crippen molar-refractivity contribution in [2.24, 2.45) is 4.99 Å². The first-order valence-corrected chi connectivity index (χ1v) is 14.0. The lowest BCUT2D eigenvalue weighted by molar-refractivity contribution is -0.00139. The van der Waals surface area contributed by atoms with E-state index >= 15 is 0 Å². The van der Waals surface area contributed by atoms with Crippen LogP contribution in [0.1, 0.15) is 39.1 Å². The Morgan fingerprint density at radius 1 is 1.16 bits per heavy atom. The van der Waals surface area contributed by atoms with Gasteiger partial charge in [0.2, 0.25) is 0 Å². The topological polar surface area (TPSA) is 83.4 Å². The summed E-state index contributed by atoms with van der Waals surface area (Å²) in [6.07, 6.45) is 2.11. The molecule has 0 bridgehead atoms. The van der Waals surface area contributed by atoms with Gasteiger partial charge in [0.15, 0.2) is 10.9 Å². The Morgan fingerprint density at radius 2 is 1.92 bits per heavy atom. The van der Waals surface area contributed by atoms with Gasteiger partial charge in [0.05, 0.1) is 31.1 Å². The molecule has 6 rings (SSSR count). The molecule has 200 valence electrons. The molecule has 2 aliphatic heterocycles. The molecule has 0 unspecified atom stereocenters. The molecule has 10 heteroatoms. The fourth-order valence-electron chi connectivity index (χ4n) is 4.83. The van der Waals surface area contributed by atoms with Crippen molar-refractivity contribution in [3.05, 3.63) is 48.0 Å². The summed E-state index contributed by atoms with van der Waals surface area (Å²) in [6, 6.07) is 10.8. The maximum Gasteiger partial charge on any atom is 0.199 e. The van der Waals surface area contributed by atoms with Crippen LogP contribution in [0, 0.1) is 0 Å². The van der Waals surface area contributed by atoms with E-state index in [0.717, 1.165) is 82.7 Å². The van der Waals surface area contributed by atoms with Gasteiger partial charge in [0, 0.05) is 61.5 Å². The molecular weight excluding hydrogens is 498 g/mol. The molecule has 1 aromatic carbocycles. The highest BCUT2D eigenvalue weighted by atomic mass is 32.1. The molecule has 0 saturated carbocycles. The first-order chi connectivity index (χ1) is 18.3. The van der Waals surface area contributed by atoms with Crippen molar-refractivity contribution in [1.29, 1.82) is 0 Å². The predicted molar refractivity (Wildman–Crippen MR) is 152 cm³/mol. The van der Waals surface area contributed by atoms with Crippen LogP contribution in [0.4, 0.5) is 5.00 Å². The first-order valence-electron chi connectivity index (χ1n) is 13.2. The second-order valence-electron chi connectivity index (χ2n) is 11.2. The Kier molecular flexibility index (Phi) is 6.49. The fourth-order valence-corrected chi connectivity index (χ4v) is 5.85. The highest BCUT2D eigenvalue weighted by molar-refractivity contribution is 7.21. The largest absolute Gasteiger partial charge is 0.379 e. The summed E-state index contributed by atoms with van der Waals surface area (Å²) in [5, 5.41) is 8.92. The predicted octanol–water partition coefficient (Wildman–Crippen LogP) is 4.95. The summed E-state index contributed by atoms with van der Waals surface area (Å²) < 4.78 is 13.3. The monoisotopic (exact) mass is 533 g/mol. The lowest BCUT2D eigenvalue weighted by atomic mass is 9.93. The number of morpholine rings is 1. The molecule has 0 radical (unpaired) electrons. The summed E-state index contributed by atoms with van der Waals surface area (Å²) in [7, 11) is 2.10. The highest BCUT2D eigenvalue weighted by Gasteiger charge is 2.24. The third-order valence-corrected chi connectivity index (χ3v) is 8.35. The van der Waals surface area contributed by atoms with Crippen LogP contribution in [0.25, 0.3) is 27.5 Å². The number of hydrogen-bond donors (Lipinski definition) is 1. The number of thiazole rings is 1. The number of aromatic nitrogens is 3. The lowest BCUT2D eigenvalue weighted by Gasteiger charge is -2.35.